The SMILES string of the molecule is COc1ccc([C@H]2C(C(=O)Nc3ccccc3)=C(C)N=c3s/c(=C/c4cc(Br)c(OC)c(Br)c4)c(=O)n32)cc1. The van der Waals surface area contributed by atoms with Crippen LogP contribution in [0.25, 0.3) is 6.08 Å². The van der Waals surface area contributed by atoms with Crippen molar-refractivity contribution >= 4 is 60.9 Å². The molecule has 1 N–H and O–H groups in total. The summed E-state index contributed by atoms with van der Waals surface area (Å²) in [5.74, 6) is 1.02. The van der Waals surface area contributed by atoms with Crippen molar-refractivity contribution < 1.29 is 14.3 Å². The summed E-state index contributed by atoms with van der Waals surface area (Å²) < 4.78 is 14.3. The number of para-hydroxylation sites is 1. The third-order valence-corrected chi connectivity index (χ3v) is 8.41. The molecule has 0 spiro atoms. The molecule has 1 aromatic heterocycles. The Bertz CT molecular complexity index is 1750. The number of carbonyl (C=O) groups is 1. The number of anilines is 1. The fourth-order valence-corrected chi connectivity index (χ4v) is 7.03. The molecule has 7 nitrogen and oxygen atoms in total. The van der Waals surface area contributed by atoms with Gasteiger partial charge in [0.1, 0.15) is 11.5 Å². The van der Waals surface area contributed by atoms with Crippen LogP contribution >= 0.6 is 43.2 Å². The van der Waals surface area contributed by atoms with Gasteiger partial charge in [0, 0.05) is 5.69 Å². The van der Waals surface area contributed by atoms with Gasteiger partial charge in [0.15, 0.2) is 4.80 Å². The predicted octanol–water partition coefficient (Wildman–Crippen LogP) is 5.42. The van der Waals surface area contributed by atoms with Crippen LogP contribution in [0.5, 0.6) is 11.5 Å². The van der Waals surface area contributed by atoms with E-state index in [0.29, 0.717) is 37.8 Å². The zero-order valence-electron chi connectivity index (χ0n) is 21.2. The molecule has 39 heavy (non-hydrogen) atoms. The van der Waals surface area contributed by atoms with Crippen LogP contribution < -0.4 is 29.7 Å². The molecule has 0 aliphatic carbocycles. The van der Waals surface area contributed by atoms with Crippen LogP contribution in [0.3, 0.4) is 0 Å². The topological polar surface area (TPSA) is 81.9 Å². The second-order valence-electron chi connectivity index (χ2n) is 8.69. The summed E-state index contributed by atoms with van der Waals surface area (Å²) in [5, 5.41) is 2.96. The minimum absolute atomic E-state index is 0.236. The van der Waals surface area contributed by atoms with Crippen LogP contribution in [0, 0.1) is 0 Å². The number of hydrogen-bond acceptors (Lipinski definition) is 6. The molecule has 1 aliphatic heterocycles. The van der Waals surface area contributed by atoms with Crippen molar-refractivity contribution in [3.8, 4) is 11.5 Å². The molecule has 5 rings (SSSR count). The van der Waals surface area contributed by atoms with E-state index < -0.39 is 6.04 Å². The third-order valence-electron chi connectivity index (χ3n) is 6.25. The van der Waals surface area contributed by atoms with E-state index in [0.717, 1.165) is 20.1 Å². The van der Waals surface area contributed by atoms with Gasteiger partial charge in [0.05, 0.1) is 45.0 Å². The van der Waals surface area contributed by atoms with Gasteiger partial charge in [-0.3, -0.25) is 14.2 Å². The summed E-state index contributed by atoms with van der Waals surface area (Å²) in [6.07, 6.45) is 1.81. The van der Waals surface area contributed by atoms with Crippen LogP contribution in [0.2, 0.25) is 0 Å². The van der Waals surface area contributed by atoms with Gasteiger partial charge < -0.3 is 14.8 Å². The zero-order chi connectivity index (χ0) is 27.7. The number of nitrogens with zero attached hydrogens (tertiary/aromatic N) is 2. The number of halogens is 2. The molecule has 1 atom stereocenters. The van der Waals surface area contributed by atoms with E-state index in [-0.39, 0.29) is 11.5 Å². The lowest BCUT2D eigenvalue weighted by atomic mass is 9.95. The van der Waals surface area contributed by atoms with E-state index in [4.69, 9.17) is 14.5 Å². The predicted molar refractivity (Wildman–Crippen MR) is 160 cm³/mol. The van der Waals surface area contributed by atoms with Crippen molar-refractivity contribution in [2.45, 2.75) is 13.0 Å². The fourth-order valence-electron chi connectivity index (χ4n) is 4.44. The molecule has 0 saturated heterocycles. The molecule has 0 radical (unpaired) electrons. The number of carbonyl (C=O) groups excluding carboxylic acids is 1. The Labute approximate surface area is 245 Å². The van der Waals surface area contributed by atoms with Crippen molar-refractivity contribution in [1.29, 1.82) is 0 Å². The molecule has 3 aromatic carbocycles. The van der Waals surface area contributed by atoms with Gasteiger partial charge in [-0.15, -0.1) is 0 Å². The highest BCUT2D eigenvalue weighted by Gasteiger charge is 2.32. The lowest BCUT2D eigenvalue weighted by Crippen LogP contribution is -2.40. The summed E-state index contributed by atoms with van der Waals surface area (Å²) in [4.78, 5) is 32.8. The molecule has 1 amide bonds. The first-order valence-electron chi connectivity index (χ1n) is 11.9. The molecule has 4 aromatic rings. The number of nitrogens with one attached hydrogen (secondary N) is 1. The molecule has 0 bridgehead atoms. The third kappa shape index (κ3) is 5.36. The van der Waals surface area contributed by atoms with Crippen molar-refractivity contribution in [2.24, 2.45) is 4.99 Å². The zero-order valence-corrected chi connectivity index (χ0v) is 25.2. The Morgan fingerprint density at radius 3 is 2.31 bits per heavy atom. The first kappa shape index (κ1) is 27.1. The summed E-state index contributed by atoms with van der Waals surface area (Å²) in [6, 6.07) is 19.7. The van der Waals surface area contributed by atoms with Crippen molar-refractivity contribution in [3.63, 3.8) is 0 Å². The molecule has 0 saturated carbocycles. The Hall–Kier alpha value is -3.47. The van der Waals surface area contributed by atoms with Gasteiger partial charge in [-0.05, 0) is 92.4 Å². The highest BCUT2D eigenvalue weighted by Crippen LogP contribution is 2.35. The fraction of sp³-hybridized carbons (Fsp3) is 0.138. The van der Waals surface area contributed by atoms with E-state index >= 15 is 0 Å². The number of fused-ring (bicyclic) bond motifs is 1. The molecular weight excluding hydrogens is 646 g/mol. The average molecular weight is 669 g/mol. The van der Waals surface area contributed by atoms with Gasteiger partial charge in [0.25, 0.3) is 11.5 Å². The van der Waals surface area contributed by atoms with E-state index in [2.05, 4.69) is 37.2 Å². The Morgan fingerprint density at radius 1 is 1.03 bits per heavy atom. The summed E-state index contributed by atoms with van der Waals surface area (Å²) >= 11 is 8.33. The van der Waals surface area contributed by atoms with Crippen LogP contribution in [0.1, 0.15) is 24.1 Å². The Balaban J connectivity index is 1.67. The number of aromatic nitrogens is 1. The molecule has 10 heteroatoms. The Morgan fingerprint density at radius 2 is 1.69 bits per heavy atom. The van der Waals surface area contributed by atoms with Crippen molar-refractivity contribution in [2.75, 3.05) is 19.5 Å². The number of benzene rings is 3. The minimum atomic E-state index is -0.674. The number of methoxy groups -OCH3 is 2. The maximum atomic E-state index is 13.9. The maximum Gasteiger partial charge on any atom is 0.271 e. The molecule has 198 valence electrons. The number of rotatable bonds is 6. The van der Waals surface area contributed by atoms with E-state index in [9.17, 15) is 9.59 Å². The normalized spacial score (nSPS) is 15.0. The average Bonchev–Trinajstić information content (AvgIpc) is 3.22. The summed E-state index contributed by atoms with van der Waals surface area (Å²) in [7, 11) is 3.19. The minimum Gasteiger partial charge on any atom is -0.497 e. The molecule has 0 unspecified atom stereocenters. The Kier molecular flexibility index (Phi) is 7.88. The van der Waals surface area contributed by atoms with Crippen LogP contribution in [0.15, 0.2) is 96.7 Å². The van der Waals surface area contributed by atoms with Gasteiger partial charge >= 0.3 is 0 Å². The lowest BCUT2D eigenvalue weighted by molar-refractivity contribution is -0.113. The second-order valence-corrected chi connectivity index (χ2v) is 11.4. The van der Waals surface area contributed by atoms with Gasteiger partial charge in [0.2, 0.25) is 0 Å². The van der Waals surface area contributed by atoms with E-state index in [1.165, 1.54) is 11.3 Å². The number of thiazole rings is 1. The summed E-state index contributed by atoms with van der Waals surface area (Å²) in [6.45, 7) is 1.80. The van der Waals surface area contributed by atoms with E-state index in [1.807, 2.05) is 72.8 Å². The quantitative estimate of drug-likeness (QED) is 0.298. The number of allylic oxidation sites excluding steroid dienone is 1. The molecule has 0 fully saturated rings. The van der Waals surface area contributed by atoms with Crippen LogP contribution in [-0.2, 0) is 4.79 Å². The maximum absolute atomic E-state index is 13.9. The van der Waals surface area contributed by atoms with Gasteiger partial charge in [-0.25, -0.2) is 4.99 Å². The largest absolute Gasteiger partial charge is 0.497 e. The second kappa shape index (κ2) is 11.3. The molecular formula is C29H23Br2N3O4S. The standard InChI is InChI=1S/C29H23Br2N3O4S/c1-16-24(27(35)33-19-7-5-4-6-8-19)25(18-9-11-20(37-2)12-10-18)34-28(36)23(39-29(34)32-16)15-17-13-21(30)26(38-3)22(31)14-17/h4-15,25H,1-3H3,(H,33,35)/b23-15+/t25-/m0/s1. The number of amides is 1. The highest BCUT2D eigenvalue weighted by atomic mass is 79.9. The molecule has 2 heterocycles. The van der Waals surface area contributed by atoms with Crippen LogP contribution in [0.4, 0.5) is 5.69 Å². The lowest BCUT2D eigenvalue weighted by Gasteiger charge is -2.25. The smallest absolute Gasteiger partial charge is 0.271 e. The number of ether oxygens (including phenoxy) is 2. The van der Waals surface area contributed by atoms with E-state index in [1.54, 1.807) is 25.7 Å². The van der Waals surface area contributed by atoms with Crippen molar-refractivity contribution in [3.05, 3.63) is 118 Å². The first-order chi connectivity index (χ1) is 18.8. The van der Waals surface area contributed by atoms with Gasteiger partial charge in [-0.2, -0.15) is 0 Å². The van der Waals surface area contributed by atoms with Crippen LogP contribution in [-0.4, -0.2) is 24.7 Å². The first-order valence-corrected chi connectivity index (χ1v) is 14.3. The highest BCUT2D eigenvalue weighted by molar-refractivity contribution is 9.11. The van der Waals surface area contributed by atoms with Gasteiger partial charge in [-0.1, -0.05) is 41.7 Å². The number of hydrogen-bond donors (Lipinski definition) is 1. The molecule has 1 aliphatic rings. The summed E-state index contributed by atoms with van der Waals surface area (Å²) in [5.41, 5.74) is 2.94. The monoisotopic (exact) mass is 667 g/mol. The van der Waals surface area contributed by atoms with Crippen molar-refractivity contribution in [1.82, 2.24) is 4.57 Å².